The van der Waals surface area contributed by atoms with E-state index in [4.69, 9.17) is 13.3 Å². The smallest absolute Gasteiger partial charge is 0.500 e. The van der Waals surface area contributed by atoms with E-state index in [0.29, 0.717) is 12.0 Å². The first kappa shape index (κ1) is 20.6. The number of rotatable bonds is 7. The summed E-state index contributed by atoms with van der Waals surface area (Å²) in [6.07, 6.45) is 1.59. The molecule has 0 radical (unpaired) electrons. The predicted molar refractivity (Wildman–Crippen MR) is 110 cm³/mol. The average Bonchev–Trinajstić information content (AvgIpc) is 2.69. The molecule has 1 aliphatic rings. The molecular weight excluding hydrogens is 376 g/mol. The molecule has 1 atom stereocenters. The maximum Gasteiger partial charge on any atom is 0.500 e. The molecule has 0 aliphatic carbocycles. The van der Waals surface area contributed by atoms with Crippen LogP contribution in [0.2, 0.25) is 6.04 Å². The molecule has 0 saturated carbocycles. The van der Waals surface area contributed by atoms with Crippen LogP contribution in [0.5, 0.6) is 0 Å². The topological polar surface area (TPSA) is 50.8 Å². The van der Waals surface area contributed by atoms with E-state index in [2.05, 4.69) is 32.0 Å². The fourth-order valence-corrected chi connectivity index (χ4v) is 6.76. The Bertz CT molecular complexity index is 796. The number of fused-ring (bicyclic) bond motifs is 2. The first-order valence-corrected chi connectivity index (χ1v) is 12.3. The fourth-order valence-electron chi connectivity index (χ4n) is 3.65. The highest BCUT2D eigenvalue weighted by molar-refractivity contribution is 7.91. The Morgan fingerprint density at radius 3 is 2.37 bits per heavy atom. The highest BCUT2D eigenvalue weighted by Crippen LogP contribution is 2.37. The minimum absolute atomic E-state index is 0.456. The van der Waals surface area contributed by atoms with Gasteiger partial charge < -0.3 is 17.8 Å². The van der Waals surface area contributed by atoms with E-state index < -0.39 is 20.0 Å². The van der Waals surface area contributed by atoms with Crippen LogP contribution in [0.3, 0.4) is 0 Å². The van der Waals surface area contributed by atoms with Crippen LogP contribution in [-0.2, 0) is 37.3 Å². The van der Waals surface area contributed by atoms with Gasteiger partial charge in [-0.1, -0.05) is 38.1 Å². The molecule has 0 amide bonds. The molecule has 0 spiro atoms. The lowest BCUT2D eigenvalue weighted by atomic mass is 9.94. The second-order valence-electron chi connectivity index (χ2n) is 7.16. The molecule has 6 heteroatoms. The summed E-state index contributed by atoms with van der Waals surface area (Å²) >= 11 is -1.13. The normalized spacial score (nSPS) is 16.3. The van der Waals surface area contributed by atoms with Gasteiger partial charge in [-0.25, -0.2) is 0 Å². The third kappa shape index (κ3) is 4.01. The molecule has 27 heavy (non-hydrogen) atoms. The lowest BCUT2D eigenvalue weighted by molar-refractivity contribution is 0.123. The summed E-state index contributed by atoms with van der Waals surface area (Å²) in [6, 6.07) is 13.2. The zero-order chi connectivity index (χ0) is 19.6. The lowest BCUT2D eigenvalue weighted by Crippen LogP contribution is -2.43. The van der Waals surface area contributed by atoms with Crippen molar-refractivity contribution in [3.63, 3.8) is 0 Å². The number of benzene rings is 2. The van der Waals surface area contributed by atoms with Crippen molar-refractivity contribution in [2.75, 3.05) is 21.3 Å². The van der Waals surface area contributed by atoms with Crippen LogP contribution < -0.4 is 0 Å². The Balaban J connectivity index is 1.93. The van der Waals surface area contributed by atoms with Gasteiger partial charge in [-0.3, -0.25) is 0 Å². The van der Waals surface area contributed by atoms with Crippen LogP contribution in [-0.4, -0.2) is 34.7 Å². The van der Waals surface area contributed by atoms with Gasteiger partial charge in [-0.15, -0.1) is 0 Å². The van der Waals surface area contributed by atoms with Crippen LogP contribution in [0.1, 0.15) is 42.0 Å². The molecule has 1 unspecified atom stereocenters. The van der Waals surface area contributed by atoms with Crippen molar-refractivity contribution >= 4 is 20.0 Å². The van der Waals surface area contributed by atoms with Gasteiger partial charge in [0, 0.05) is 56.1 Å². The minimum Gasteiger partial charge on any atom is -0.606 e. The molecule has 0 N–H and O–H groups in total. The van der Waals surface area contributed by atoms with Crippen LogP contribution in [0.15, 0.2) is 46.2 Å². The molecule has 0 bridgehead atoms. The highest BCUT2D eigenvalue weighted by Gasteiger charge is 2.38. The van der Waals surface area contributed by atoms with E-state index in [-0.39, 0.29) is 0 Å². The third-order valence-electron chi connectivity index (χ3n) is 5.38. The van der Waals surface area contributed by atoms with Crippen LogP contribution in [0.25, 0.3) is 0 Å². The highest BCUT2D eigenvalue weighted by atomic mass is 32.2. The zero-order valence-corrected chi connectivity index (χ0v) is 18.5. The van der Waals surface area contributed by atoms with Crippen molar-refractivity contribution in [3.8, 4) is 0 Å². The van der Waals surface area contributed by atoms with Gasteiger partial charge in [0.25, 0.3) is 0 Å². The van der Waals surface area contributed by atoms with E-state index in [1.807, 2.05) is 18.2 Å². The van der Waals surface area contributed by atoms with Crippen molar-refractivity contribution in [1.29, 1.82) is 0 Å². The van der Waals surface area contributed by atoms with Crippen LogP contribution in [0.4, 0.5) is 0 Å². The third-order valence-corrected chi connectivity index (χ3v) is 9.69. The van der Waals surface area contributed by atoms with E-state index in [9.17, 15) is 4.55 Å². The first-order chi connectivity index (χ1) is 12.9. The van der Waals surface area contributed by atoms with Gasteiger partial charge in [0.05, 0.1) is 0 Å². The Labute approximate surface area is 166 Å². The van der Waals surface area contributed by atoms with E-state index in [1.54, 1.807) is 21.3 Å². The van der Waals surface area contributed by atoms with Crippen molar-refractivity contribution in [1.82, 2.24) is 0 Å². The Hall–Kier alpha value is -1.15. The molecule has 2 aromatic rings. The van der Waals surface area contributed by atoms with Crippen molar-refractivity contribution in [2.24, 2.45) is 0 Å². The minimum atomic E-state index is -2.63. The zero-order valence-electron chi connectivity index (χ0n) is 16.7. The van der Waals surface area contributed by atoms with Gasteiger partial charge in [0.15, 0.2) is 9.79 Å². The van der Waals surface area contributed by atoms with E-state index in [1.165, 1.54) is 22.3 Å². The Kier molecular flexibility index (Phi) is 6.45. The molecule has 0 aromatic heterocycles. The second kappa shape index (κ2) is 8.47. The van der Waals surface area contributed by atoms with Gasteiger partial charge in [0.1, 0.15) is 0 Å². The predicted octanol–water partition coefficient (Wildman–Crippen LogP) is 4.30. The summed E-state index contributed by atoms with van der Waals surface area (Å²) in [5.41, 5.74) is 4.84. The van der Waals surface area contributed by atoms with E-state index >= 15 is 0 Å². The number of hydrogen-bond acceptors (Lipinski definition) is 4. The summed E-state index contributed by atoms with van der Waals surface area (Å²) in [7, 11) is 2.28. The van der Waals surface area contributed by atoms with Gasteiger partial charge in [-0.2, -0.15) is 0 Å². The molecule has 1 aliphatic heterocycles. The summed E-state index contributed by atoms with van der Waals surface area (Å²) in [6.45, 7) is 4.37. The summed E-state index contributed by atoms with van der Waals surface area (Å²) < 4.78 is 29.8. The van der Waals surface area contributed by atoms with Crippen LogP contribution in [0, 0.1) is 0 Å². The molecule has 0 saturated heterocycles. The standard InChI is InChI=1S/C21H28O4SSi/c1-15(2)17-9-10-20-18(13-17)14-19-16(7-6-8-21(19)26(20)22)11-12-27(23-3,24-4)25-5/h6-10,13,15H,11-12,14H2,1-5H3. The number of aryl methyl sites for hydroxylation is 1. The molecule has 146 valence electrons. The van der Waals surface area contributed by atoms with Crippen molar-refractivity contribution in [2.45, 2.75) is 48.4 Å². The Morgan fingerprint density at radius 2 is 1.74 bits per heavy atom. The molecular formula is C21H28O4SSi. The summed E-state index contributed by atoms with van der Waals surface area (Å²) in [5.74, 6) is 0.456. The quantitative estimate of drug-likeness (QED) is 0.510. The van der Waals surface area contributed by atoms with Gasteiger partial charge in [-0.05, 0) is 35.6 Å². The Morgan fingerprint density at radius 1 is 1.04 bits per heavy atom. The fraction of sp³-hybridized carbons (Fsp3) is 0.429. The van der Waals surface area contributed by atoms with E-state index in [0.717, 1.165) is 22.6 Å². The second-order valence-corrected chi connectivity index (χ2v) is 11.7. The average molecular weight is 405 g/mol. The largest absolute Gasteiger partial charge is 0.606 e. The maximum absolute atomic E-state index is 13.2. The molecule has 3 rings (SSSR count). The van der Waals surface area contributed by atoms with Crippen molar-refractivity contribution in [3.05, 3.63) is 58.7 Å². The lowest BCUT2D eigenvalue weighted by Gasteiger charge is -2.27. The van der Waals surface area contributed by atoms with Crippen LogP contribution >= 0.6 is 0 Å². The maximum atomic E-state index is 13.2. The summed E-state index contributed by atoms with van der Waals surface area (Å²) in [4.78, 5) is 1.87. The monoisotopic (exact) mass is 404 g/mol. The molecule has 1 heterocycles. The first-order valence-electron chi connectivity index (χ1n) is 9.25. The van der Waals surface area contributed by atoms with Crippen molar-refractivity contribution < 1.29 is 17.8 Å². The summed E-state index contributed by atoms with van der Waals surface area (Å²) in [5, 5.41) is 0. The molecule has 0 fully saturated rings. The van der Waals surface area contributed by atoms with Gasteiger partial charge >= 0.3 is 8.80 Å². The SMILES string of the molecule is CO[Si](CCc1cccc2c1Cc1cc(C(C)C)ccc1[S+]2[O-])(OC)OC. The molecule has 4 nitrogen and oxygen atoms in total. The molecule has 2 aromatic carbocycles. The van der Waals surface area contributed by atoms with Gasteiger partial charge in [0.2, 0.25) is 0 Å². The number of hydrogen-bond donors (Lipinski definition) is 0.